The van der Waals surface area contributed by atoms with Crippen LogP contribution < -0.4 is 0 Å². The number of hydrogen-bond acceptors (Lipinski definition) is 4. The molecule has 6 heteroatoms. The Morgan fingerprint density at radius 1 is 1.29 bits per heavy atom. The predicted molar refractivity (Wildman–Crippen MR) is 86.9 cm³/mol. The molecular weight excluding hydrogens is 313 g/mol. The van der Waals surface area contributed by atoms with Crippen molar-refractivity contribution in [1.29, 1.82) is 0 Å². The average molecular weight is 337 g/mol. The quantitative estimate of drug-likeness (QED) is 0.787. The van der Waals surface area contributed by atoms with Crippen LogP contribution in [0.2, 0.25) is 0 Å². The van der Waals surface area contributed by atoms with Crippen LogP contribution in [-0.2, 0) is 14.3 Å². The summed E-state index contributed by atoms with van der Waals surface area (Å²) < 4.78 is 24.1. The lowest BCUT2D eigenvalue weighted by Gasteiger charge is -2.31. The number of ether oxygens (including phenoxy) is 2. The topological polar surface area (TPSA) is 55.8 Å². The number of rotatable bonds is 3. The van der Waals surface area contributed by atoms with Crippen LogP contribution in [-0.4, -0.2) is 35.2 Å². The monoisotopic (exact) mass is 337 g/mol. The number of benzene rings is 1. The molecule has 24 heavy (non-hydrogen) atoms. The molecule has 0 N–H and O–H groups in total. The highest BCUT2D eigenvalue weighted by Gasteiger charge is 2.44. The molecule has 2 atom stereocenters. The normalized spacial score (nSPS) is 20.8. The third-order valence-corrected chi connectivity index (χ3v) is 3.78. The van der Waals surface area contributed by atoms with Crippen molar-refractivity contribution in [2.75, 3.05) is 6.61 Å². The van der Waals surface area contributed by atoms with E-state index in [0.717, 1.165) is 0 Å². The maximum absolute atomic E-state index is 13.6. The van der Waals surface area contributed by atoms with Crippen LogP contribution in [0.15, 0.2) is 24.3 Å². The minimum atomic E-state index is -0.715. The second kappa shape index (κ2) is 7.20. The highest BCUT2D eigenvalue weighted by atomic mass is 19.1. The van der Waals surface area contributed by atoms with Crippen LogP contribution in [0.25, 0.3) is 0 Å². The molecular formula is C18H24FNO4. The van der Waals surface area contributed by atoms with Crippen molar-refractivity contribution in [3.63, 3.8) is 0 Å². The van der Waals surface area contributed by atoms with Gasteiger partial charge in [0.25, 0.3) is 0 Å². The second-order valence-electron chi connectivity index (χ2n) is 6.80. The van der Waals surface area contributed by atoms with Crippen LogP contribution in [0.5, 0.6) is 0 Å². The van der Waals surface area contributed by atoms with Gasteiger partial charge in [0, 0.05) is 0 Å². The molecule has 0 bridgehead atoms. The maximum Gasteiger partial charge on any atom is 0.411 e. The molecule has 132 valence electrons. The van der Waals surface area contributed by atoms with Crippen molar-refractivity contribution in [3.8, 4) is 0 Å². The average Bonchev–Trinajstić information content (AvgIpc) is 2.90. The smallest absolute Gasteiger partial charge is 0.411 e. The third kappa shape index (κ3) is 4.24. The van der Waals surface area contributed by atoms with E-state index in [2.05, 4.69) is 0 Å². The number of carbonyl (C=O) groups excluding carboxylic acids is 2. The van der Waals surface area contributed by atoms with Crippen molar-refractivity contribution < 1.29 is 23.5 Å². The molecule has 0 aromatic heterocycles. The Kier molecular flexibility index (Phi) is 5.47. The molecule has 1 heterocycles. The first-order chi connectivity index (χ1) is 11.2. The van der Waals surface area contributed by atoms with Crippen molar-refractivity contribution in [2.24, 2.45) is 0 Å². The Bertz CT molecular complexity index is 611. The van der Waals surface area contributed by atoms with Crippen molar-refractivity contribution in [2.45, 2.75) is 58.2 Å². The first kappa shape index (κ1) is 18.2. The van der Waals surface area contributed by atoms with Gasteiger partial charge in [-0.3, -0.25) is 4.90 Å². The largest absolute Gasteiger partial charge is 0.464 e. The summed E-state index contributed by atoms with van der Waals surface area (Å²) in [6.07, 6.45) is 0.415. The molecule has 1 fully saturated rings. The second-order valence-corrected chi connectivity index (χ2v) is 6.80. The lowest BCUT2D eigenvalue weighted by atomic mass is 10.0. The van der Waals surface area contributed by atoms with Gasteiger partial charge < -0.3 is 9.47 Å². The summed E-state index contributed by atoms with van der Waals surface area (Å²) >= 11 is 0. The summed E-state index contributed by atoms with van der Waals surface area (Å²) in [6, 6.07) is 4.95. The molecule has 0 aliphatic carbocycles. The van der Waals surface area contributed by atoms with Crippen LogP contribution in [0.1, 0.15) is 52.1 Å². The number of carbonyl (C=O) groups is 2. The number of halogens is 1. The molecule has 1 amide bonds. The lowest BCUT2D eigenvalue weighted by molar-refractivity contribution is -0.148. The Morgan fingerprint density at radius 3 is 2.58 bits per heavy atom. The molecule has 2 rings (SSSR count). The molecule has 0 radical (unpaired) electrons. The van der Waals surface area contributed by atoms with Crippen LogP contribution in [0, 0.1) is 5.82 Å². The summed E-state index contributed by atoms with van der Waals surface area (Å²) in [7, 11) is 0. The zero-order valence-corrected chi connectivity index (χ0v) is 14.5. The van der Waals surface area contributed by atoms with Gasteiger partial charge in [0.15, 0.2) is 0 Å². The van der Waals surface area contributed by atoms with Gasteiger partial charge in [0.05, 0.1) is 12.6 Å². The van der Waals surface area contributed by atoms with Gasteiger partial charge >= 0.3 is 12.1 Å². The van der Waals surface area contributed by atoms with Gasteiger partial charge in [-0.2, -0.15) is 0 Å². The minimum absolute atomic E-state index is 0.238. The van der Waals surface area contributed by atoms with E-state index in [1.807, 2.05) is 0 Å². The van der Waals surface area contributed by atoms with Gasteiger partial charge in [0.1, 0.15) is 17.5 Å². The fourth-order valence-electron chi connectivity index (χ4n) is 2.89. The molecule has 5 nitrogen and oxygen atoms in total. The van der Waals surface area contributed by atoms with Crippen molar-refractivity contribution >= 4 is 12.1 Å². The van der Waals surface area contributed by atoms with Crippen LogP contribution in [0.4, 0.5) is 9.18 Å². The standard InChI is InChI=1S/C18H24FNO4/c1-5-23-16(21)15-10-9-14(12-7-6-8-13(19)11-12)20(15)17(22)24-18(2,3)4/h6-8,11,14-15H,5,9-10H2,1-4H3/t14-,15+/m0/s1. The molecule has 0 spiro atoms. The highest BCUT2D eigenvalue weighted by Crippen LogP contribution is 2.38. The number of nitrogens with zero attached hydrogens (tertiary/aromatic N) is 1. The fourth-order valence-corrected chi connectivity index (χ4v) is 2.89. The lowest BCUT2D eigenvalue weighted by Crippen LogP contribution is -2.45. The van der Waals surface area contributed by atoms with E-state index in [-0.39, 0.29) is 12.4 Å². The zero-order valence-electron chi connectivity index (χ0n) is 14.5. The predicted octanol–water partition coefficient (Wildman–Crippen LogP) is 3.83. The van der Waals surface area contributed by atoms with E-state index >= 15 is 0 Å². The molecule has 1 aromatic carbocycles. The van der Waals surface area contributed by atoms with E-state index in [9.17, 15) is 14.0 Å². The van der Waals surface area contributed by atoms with Crippen LogP contribution >= 0.6 is 0 Å². The number of amides is 1. The summed E-state index contributed by atoms with van der Waals surface area (Å²) in [6.45, 7) is 7.24. The zero-order chi connectivity index (χ0) is 17.9. The van der Waals surface area contributed by atoms with Gasteiger partial charge in [-0.15, -0.1) is 0 Å². The van der Waals surface area contributed by atoms with E-state index in [4.69, 9.17) is 9.47 Å². The SMILES string of the molecule is CCOC(=O)[C@H]1CC[C@@H](c2cccc(F)c2)N1C(=O)OC(C)(C)C. The van der Waals surface area contributed by atoms with Crippen molar-refractivity contribution in [1.82, 2.24) is 4.90 Å². The first-order valence-electron chi connectivity index (χ1n) is 8.16. The number of likely N-dealkylation sites (tertiary alicyclic amines) is 1. The highest BCUT2D eigenvalue weighted by molar-refractivity contribution is 5.82. The Morgan fingerprint density at radius 2 is 2.00 bits per heavy atom. The number of hydrogen-bond donors (Lipinski definition) is 0. The molecule has 1 aliphatic heterocycles. The molecule has 0 unspecified atom stereocenters. The molecule has 1 aliphatic rings. The molecule has 1 aromatic rings. The maximum atomic E-state index is 13.6. The fraction of sp³-hybridized carbons (Fsp3) is 0.556. The minimum Gasteiger partial charge on any atom is -0.464 e. The Labute approximate surface area is 141 Å². The first-order valence-corrected chi connectivity index (χ1v) is 8.16. The summed E-state index contributed by atoms with van der Waals surface area (Å²) in [5.74, 6) is -0.835. The third-order valence-electron chi connectivity index (χ3n) is 3.78. The van der Waals surface area contributed by atoms with Gasteiger partial charge in [0.2, 0.25) is 0 Å². The van der Waals surface area contributed by atoms with Gasteiger partial charge in [-0.05, 0) is 58.2 Å². The van der Waals surface area contributed by atoms with Crippen LogP contribution in [0.3, 0.4) is 0 Å². The van der Waals surface area contributed by atoms with Gasteiger partial charge in [-0.1, -0.05) is 12.1 Å². The summed E-state index contributed by atoms with van der Waals surface area (Å²) in [5, 5.41) is 0. The van der Waals surface area contributed by atoms with Gasteiger partial charge in [-0.25, -0.2) is 14.0 Å². The Balaban J connectivity index is 2.32. The Hall–Kier alpha value is -2.11. The van der Waals surface area contributed by atoms with Crippen molar-refractivity contribution in [3.05, 3.63) is 35.6 Å². The summed E-state index contributed by atoms with van der Waals surface area (Å²) in [5.41, 5.74) is -0.0431. The summed E-state index contributed by atoms with van der Waals surface area (Å²) in [4.78, 5) is 26.3. The molecule has 0 saturated carbocycles. The van der Waals surface area contributed by atoms with E-state index in [0.29, 0.717) is 18.4 Å². The van der Waals surface area contributed by atoms with E-state index < -0.39 is 29.7 Å². The molecule has 1 saturated heterocycles. The number of esters is 1. The van der Waals surface area contributed by atoms with E-state index in [1.54, 1.807) is 39.8 Å². The van der Waals surface area contributed by atoms with E-state index in [1.165, 1.54) is 17.0 Å².